The van der Waals surface area contributed by atoms with Crippen LogP contribution in [-0.2, 0) is 22.7 Å². The molecule has 0 fully saturated rings. The van der Waals surface area contributed by atoms with Crippen LogP contribution in [0.3, 0.4) is 0 Å². The molecule has 192 valence electrons. The molecule has 5 nitrogen and oxygen atoms in total. The van der Waals surface area contributed by atoms with Gasteiger partial charge in [-0.05, 0) is 66.6 Å². The Bertz CT molecular complexity index is 771. The highest BCUT2D eigenvalue weighted by Gasteiger charge is 1.98. The summed E-state index contributed by atoms with van der Waals surface area (Å²) in [6.07, 6.45) is 0. The first-order valence-corrected chi connectivity index (χ1v) is 12.1. The molecule has 0 aliphatic rings. The lowest BCUT2D eigenvalue weighted by Crippen LogP contribution is -2.23. The molecule has 0 saturated carbocycles. The van der Waals surface area contributed by atoms with Gasteiger partial charge in [-0.3, -0.25) is 9.59 Å². The second-order valence-corrected chi connectivity index (χ2v) is 7.43. The van der Waals surface area contributed by atoms with E-state index in [2.05, 4.69) is 31.0 Å². The van der Waals surface area contributed by atoms with Gasteiger partial charge in [0.05, 0.1) is 5.88 Å². The number of nitrogens with one attached hydrogen (secondary N) is 1. The third-order valence-corrected chi connectivity index (χ3v) is 4.88. The van der Waals surface area contributed by atoms with Crippen LogP contribution < -0.4 is 11.1 Å². The monoisotopic (exact) mass is 539 g/mol. The van der Waals surface area contributed by atoms with Gasteiger partial charge in [0.2, 0.25) is 11.1 Å². The summed E-state index contributed by atoms with van der Waals surface area (Å²) in [5, 5.41) is 2.07. The van der Waals surface area contributed by atoms with Crippen molar-refractivity contribution in [3.8, 4) is 0 Å². The Morgan fingerprint density at radius 1 is 0.824 bits per heavy atom. The number of carbonyl (C=O) groups is 2. The summed E-state index contributed by atoms with van der Waals surface area (Å²) in [4.78, 5) is 22.6. The lowest BCUT2D eigenvalue weighted by molar-refractivity contribution is -0.118. The third kappa shape index (κ3) is 20.8. The van der Waals surface area contributed by atoms with E-state index < -0.39 is 5.24 Å². The van der Waals surface area contributed by atoms with E-state index in [0.717, 1.165) is 11.1 Å². The normalized spacial score (nSPS) is 9.47. The fourth-order valence-electron chi connectivity index (χ4n) is 2.14. The molecule has 2 aromatic rings. The van der Waals surface area contributed by atoms with E-state index in [-0.39, 0.29) is 29.3 Å². The molecule has 0 bridgehead atoms. The first kappa shape index (κ1) is 34.4. The summed E-state index contributed by atoms with van der Waals surface area (Å²) in [6, 6.07) is 12.1. The van der Waals surface area contributed by atoms with Crippen LogP contribution in [0.1, 0.15) is 31.9 Å². The van der Waals surface area contributed by atoms with Crippen molar-refractivity contribution in [3.05, 3.63) is 71.3 Å². The fourth-order valence-corrected chi connectivity index (χ4v) is 2.24. The number of nitrogens with zero attached hydrogens (tertiary/aromatic N) is 1. The number of rotatable bonds is 8. The molecule has 0 radical (unpaired) electrons. The van der Waals surface area contributed by atoms with Gasteiger partial charge >= 0.3 is 0 Å². The van der Waals surface area contributed by atoms with Crippen LogP contribution in [-0.4, -0.2) is 47.4 Å². The molecule has 1 amide bonds. The predicted octanol–water partition coefficient (Wildman–Crippen LogP) is 5.30. The van der Waals surface area contributed by atoms with Gasteiger partial charge in [-0.2, -0.15) is 0 Å². The van der Waals surface area contributed by atoms with E-state index in [4.69, 9.17) is 40.5 Å². The van der Waals surface area contributed by atoms with Crippen LogP contribution in [0.4, 0.5) is 8.78 Å². The van der Waals surface area contributed by atoms with Gasteiger partial charge in [0.25, 0.3) is 0 Å². The van der Waals surface area contributed by atoms with Crippen LogP contribution in [0.2, 0.25) is 0 Å². The first-order valence-electron chi connectivity index (χ1n) is 10.6. The smallest absolute Gasteiger partial charge is 0.236 e. The maximum atomic E-state index is 12.4. The summed E-state index contributed by atoms with van der Waals surface area (Å²) >= 11 is 14.8. The predicted molar refractivity (Wildman–Crippen MR) is 138 cm³/mol. The molecule has 0 atom stereocenters. The quantitative estimate of drug-likeness (QED) is 0.352. The third-order valence-electron chi connectivity index (χ3n) is 4.12. The van der Waals surface area contributed by atoms with Crippen molar-refractivity contribution in [1.29, 1.82) is 0 Å². The van der Waals surface area contributed by atoms with Gasteiger partial charge in [-0.25, -0.2) is 8.78 Å². The molecule has 0 aliphatic carbocycles. The molecular weight excluding hydrogens is 507 g/mol. The number of alkyl halides is 2. The van der Waals surface area contributed by atoms with Gasteiger partial charge in [-0.15, -0.1) is 23.2 Å². The number of amides is 1. The summed E-state index contributed by atoms with van der Waals surface area (Å²) in [5.74, 6) is -0.881. The second-order valence-electron chi connectivity index (χ2n) is 6.48. The highest BCUT2D eigenvalue weighted by atomic mass is 35.5. The zero-order chi connectivity index (χ0) is 26.4. The Kier molecular flexibility index (Phi) is 23.3. The molecule has 2 rings (SSSR count). The summed E-state index contributed by atoms with van der Waals surface area (Å²) in [6.45, 7) is 11.0. The number of carbonyl (C=O) groups excluding carboxylic acids is 2. The second kappa shape index (κ2) is 23.0. The molecule has 2 aromatic carbocycles. The number of nitrogens with two attached hydrogens (primary N) is 1. The topological polar surface area (TPSA) is 75.4 Å². The zero-order valence-corrected chi connectivity index (χ0v) is 22.1. The minimum Gasteiger partial charge on any atom is -0.351 e. The average molecular weight is 541 g/mol. The van der Waals surface area contributed by atoms with Crippen LogP contribution >= 0.6 is 34.8 Å². The van der Waals surface area contributed by atoms with Crippen molar-refractivity contribution in [2.45, 2.75) is 33.9 Å². The molecular formula is C24H34Cl3F2N3O2. The Labute approximate surface area is 216 Å². The number of hydrogen-bond donors (Lipinski definition) is 2. The SMILES string of the molecule is CCN(CC)CC.NCc1ccc(F)cc1.O=C(CCl)NCc1ccc(F)cc1.O=C(Cl)CCl. The van der Waals surface area contributed by atoms with Gasteiger partial charge in [0, 0.05) is 13.1 Å². The molecule has 0 heterocycles. The van der Waals surface area contributed by atoms with Gasteiger partial charge in [0.15, 0.2) is 0 Å². The fraction of sp³-hybridized carbons (Fsp3) is 0.417. The minimum atomic E-state index is -0.508. The Morgan fingerprint density at radius 2 is 1.21 bits per heavy atom. The summed E-state index contributed by atoms with van der Waals surface area (Å²) in [5.41, 5.74) is 7.08. The van der Waals surface area contributed by atoms with Crippen molar-refractivity contribution in [2.75, 3.05) is 31.4 Å². The Hall–Kier alpha value is -1.77. The lowest BCUT2D eigenvalue weighted by Gasteiger charge is -2.13. The van der Waals surface area contributed by atoms with Crippen LogP contribution in [0, 0.1) is 11.6 Å². The number of halogens is 5. The standard InChI is InChI=1S/C9H9ClFNO.C7H8FN.C6H15N.C2H2Cl2O/c10-5-9(13)12-6-7-1-3-8(11)4-2-7;8-7-3-1-6(5-9)2-4-7;1-4-7(5-2)6-3;3-1-2(4)5/h1-4H,5-6H2,(H,12,13);1-4H,5,9H2;4-6H2,1-3H3;1H2. The maximum Gasteiger partial charge on any atom is 0.236 e. The van der Waals surface area contributed by atoms with E-state index >= 15 is 0 Å². The molecule has 0 aliphatic heterocycles. The lowest BCUT2D eigenvalue weighted by atomic mass is 10.2. The number of hydrogen-bond acceptors (Lipinski definition) is 4. The first-order chi connectivity index (χ1) is 16.2. The van der Waals surface area contributed by atoms with Crippen molar-refractivity contribution in [1.82, 2.24) is 10.2 Å². The van der Waals surface area contributed by atoms with Crippen molar-refractivity contribution in [3.63, 3.8) is 0 Å². The molecule has 10 heteroatoms. The maximum absolute atomic E-state index is 12.4. The van der Waals surface area contributed by atoms with E-state index in [0.29, 0.717) is 13.1 Å². The van der Waals surface area contributed by atoms with Crippen molar-refractivity contribution in [2.24, 2.45) is 5.73 Å². The van der Waals surface area contributed by atoms with E-state index in [9.17, 15) is 18.4 Å². The van der Waals surface area contributed by atoms with E-state index in [1.165, 1.54) is 43.9 Å². The van der Waals surface area contributed by atoms with Crippen LogP contribution in [0.5, 0.6) is 0 Å². The van der Waals surface area contributed by atoms with Gasteiger partial charge in [0.1, 0.15) is 17.5 Å². The van der Waals surface area contributed by atoms with Crippen molar-refractivity contribution < 1.29 is 18.4 Å². The van der Waals surface area contributed by atoms with Crippen molar-refractivity contribution >= 4 is 46.0 Å². The largest absolute Gasteiger partial charge is 0.351 e. The summed E-state index contributed by atoms with van der Waals surface area (Å²) < 4.78 is 24.6. The van der Waals surface area contributed by atoms with E-state index in [1.807, 2.05) is 0 Å². The molecule has 0 aromatic heterocycles. The van der Waals surface area contributed by atoms with Gasteiger partial charge < -0.3 is 16.0 Å². The highest BCUT2D eigenvalue weighted by Crippen LogP contribution is 2.02. The molecule has 0 spiro atoms. The molecule has 0 saturated heterocycles. The Morgan fingerprint density at radius 3 is 1.47 bits per heavy atom. The highest BCUT2D eigenvalue weighted by molar-refractivity contribution is 6.67. The van der Waals surface area contributed by atoms with E-state index in [1.54, 1.807) is 24.3 Å². The molecule has 3 N–H and O–H groups in total. The summed E-state index contributed by atoms with van der Waals surface area (Å²) in [7, 11) is 0. The zero-order valence-electron chi connectivity index (χ0n) is 19.8. The Balaban J connectivity index is 0. The average Bonchev–Trinajstić information content (AvgIpc) is 2.86. The van der Waals surface area contributed by atoms with Crippen LogP contribution in [0.25, 0.3) is 0 Å². The molecule has 0 unspecified atom stereocenters. The van der Waals surface area contributed by atoms with Gasteiger partial charge in [-0.1, -0.05) is 45.0 Å². The molecule has 34 heavy (non-hydrogen) atoms. The minimum absolute atomic E-state index is 0.0544. The van der Waals surface area contributed by atoms with Crippen LogP contribution in [0.15, 0.2) is 48.5 Å². The number of benzene rings is 2.